The first-order valence-electron chi connectivity index (χ1n) is 8.74. The molecule has 9 nitrogen and oxygen atoms in total. The van der Waals surface area contributed by atoms with Gasteiger partial charge in [0.2, 0.25) is 0 Å². The molecule has 0 fully saturated rings. The smallest absolute Gasteiger partial charge is 0.351 e. The van der Waals surface area contributed by atoms with Crippen molar-refractivity contribution in [1.82, 2.24) is 19.0 Å². The third-order valence-corrected chi connectivity index (χ3v) is 6.00. The molecule has 0 atom stereocenters. The molecule has 0 aliphatic rings. The number of thiophene rings is 1. The predicted octanol–water partition coefficient (Wildman–Crippen LogP) is 1.46. The van der Waals surface area contributed by atoms with Crippen LogP contribution in [-0.4, -0.2) is 31.9 Å². The van der Waals surface area contributed by atoms with Gasteiger partial charge in [-0.3, -0.25) is 14.2 Å². The lowest BCUT2D eigenvalue weighted by Gasteiger charge is -2.11. The van der Waals surface area contributed by atoms with Crippen LogP contribution in [-0.2, 0) is 6.54 Å². The number of ether oxygens (including phenoxy) is 1. The van der Waals surface area contributed by atoms with E-state index in [0.717, 1.165) is 22.0 Å². The summed E-state index contributed by atoms with van der Waals surface area (Å²) >= 11 is 1.13. The fourth-order valence-corrected chi connectivity index (χ4v) is 4.46. The molecule has 3 aromatic heterocycles. The van der Waals surface area contributed by atoms with Crippen LogP contribution in [0, 0.1) is 12.7 Å². The maximum atomic E-state index is 13.7. The number of ketones is 1. The van der Waals surface area contributed by atoms with Gasteiger partial charge in [0.1, 0.15) is 21.4 Å². The first-order valence-corrected chi connectivity index (χ1v) is 9.56. The molecule has 0 aliphatic heterocycles. The predicted molar refractivity (Wildman–Crippen MR) is 110 cm³/mol. The highest BCUT2D eigenvalue weighted by Gasteiger charge is 2.23. The van der Waals surface area contributed by atoms with E-state index in [4.69, 9.17) is 10.6 Å². The zero-order valence-electron chi connectivity index (χ0n) is 16.0. The number of aryl methyl sites for hydroxylation is 1. The number of carbonyl (C=O) groups is 1. The van der Waals surface area contributed by atoms with E-state index in [-0.39, 0.29) is 21.5 Å². The molecular formula is C19H16FN5O4S. The first kappa shape index (κ1) is 19.6. The van der Waals surface area contributed by atoms with Gasteiger partial charge >= 0.3 is 5.69 Å². The maximum absolute atomic E-state index is 13.7. The van der Waals surface area contributed by atoms with Gasteiger partial charge in [0.25, 0.3) is 5.56 Å². The van der Waals surface area contributed by atoms with Crippen molar-refractivity contribution in [2.75, 3.05) is 13.0 Å². The topological polar surface area (TPSA) is 114 Å². The van der Waals surface area contributed by atoms with Crippen LogP contribution in [0.1, 0.15) is 15.9 Å². The second kappa shape index (κ2) is 7.26. The Morgan fingerprint density at radius 2 is 2.10 bits per heavy atom. The number of halogens is 1. The minimum Gasteiger partial charge on any atom is -0.496 e. The van der Waals surface area contributed by atoms with Crippen molar-refractivity contribution in [3.8, 4) is 10.8 Å². The lowest BCUT2D eigenvalue weighted by molar-refractivity contribution is 0.0968. The summed E-state index contributed by atoms with van der Waals surface area (Å²) in [6, 6.07) is 5.25. The number of aromatic nitrogens is 4. The molecule has 0 saturated heterocycles. The van der Waals surface area contributed by atoms with Crippen LogP contribution in [0.4, 0.5) is 4.39 Å². The summed E-state index contributed by atoms with van der Waals surface area (Å²) in [5, 5.41) is 4.99. The number of methoxy groups -OCH3 is 1. The van der Waals surface area contributed by atoms with Crippen molar-refractivity contribution in [3.63, 3.8) is 0 Å². The normalized spacial score (nSPS) is 11.2. The molecule has 4 aromatic rings. The average Bonchev–Trinajstić information content (AvgIpc) is 3.37. The second-order valence-corrected chi connectivity index (χ2v) is 7.45. The van der Waals surface area contributed by atoms with Crippen LogP contribution in [0.5, 0.6) is 5.75 Å². The van der Waals surface area contributed by atoms with Gasteiger partial charge in [0.05, 0.1) is 24.6 Å². The zero-order chi connectivity index (χ0) is 21.6. The molecule has 0 aliphatic carbocycles. The Morgan fingerprint density at radius 3 is 2.77 bits per heavy atom. The van der Waals surface area contributed by atoms with Crippen molar-refractivity contribution in [2.45, 2.75) is 13.5 Å². The van der Waals surface area contributed by atoms with Crippen LogP contribution < -0.4 is 21.8 Å². The number of rotatable bonds is 5. The van der Waals surface area contributed by atoms with Crippen molar-refractivity contribution in [2.24, 2.45) is 0 Å². The Hall–Kier alpha value is -3.73. The average molecular weight is 429 g/mol. The number of nitrogen functional groups attached to an aromatic ring is 1. The van der Waals surface area contributed by atoms with E-state index in [1.807, 2.05) is 0 Å². The molecule has 0 spiro atoms. The van der Waals surface area contributed by atoms with E-state index in [2.05, 4.69) is 5.10 Å². The van der Waals surface area contributed by atoms with Gasteiger partial charge in [0.15, 0.2) is 5.78 Å². The zero-order valence-corrected chi connectivity index (χ0v) is 16.8. The van der Waals surface area contributed by atoms with Gasteiger partial charge in [-0.15, -0.1) is 0 Å². The highest BCUT2D eigenvalue weighted by molar-refractivity contribution is 7.21. The van der Waals surface area contributed by atoms with Gasteiger partial charge < -0.3 is 10.6 Å². The molecular weight excluding hydrogens is 413 g/mol. The monoisotopic (exact) mass is 429 g/mol. The summed E-state index contributed by atoms with van der Waals surface area (Å²) < 4.78 is 22.0. The summed E-state index contributed by atoms with van der Waals surface area (Å²) in [4.78, 5) is 38.6. The van der Waals surface area contributed by atoms with E-state index in [0.29, 0.717) is 15.2 Å². The summed E-state index contributed by atoms with van der Waals surface area (Å²) in [5.41, 5.74) is -0.973. The van der Waals surface area contributed by atoms with Gasteiger partial charge in [-0.25, -0.2) is 13.9 Å². The molecule has 4 rings (SSSR count). The van der Waals surface area contributed by atoms with E-state index in [9.17, 15) is 18.8 Å². The molecule has 0 unspecified atom stereocenters. The number of nitrogens with zero attached hydrogens (tertiary/aromatic N) is 4. The first-order chi connectivity index (χ1) is 14.3. The summed E-state index contributed by atoms with van der Waals surface area (Å²) in [6.45, 7) is 1.26. The van der Waals surface area contributed by atoms with E-state index < -0.39 is 29.4 Å². The molecule has 0 amide bonds. The molecule has 2 N–H and O–H groups in total. The van der Waals surface area contributed by atoms with Crippen molar-refractivity contribution < 1.29 is 13.9 Å². The Kier molecular flexibility index (Phi) is 4.74. The number of nitrogens with two attached hydrogens (primary N) is 1. The number of hydrogen-bond donors (Lipinski definition) is 1. The Balaban J connectivity index is 1.92. The van der Waals surface area contributed by atoms with E-state index in [1.165, 1.54) is 19.2 Å². The Morgan fingerprint density at radius 1 is 1.33 bits per heavy atom. The van der Waals surface area contributed by atoms with Crippen molar-refractivity contribution >= 4 is 27.3 Å². The van der Waals surface area contributed by atoms with Gasteiger partial charge in [-0.2, -0.15) is 9.77 Å². The Labute approximate surface area is 172 Å². The molecule has 11 heteroatoms. The number of fused-ring (bicyclic) bond motifs is 1. The number of benzene rings is 1. The van der Waals surface area contributed by atoms with Crippen molar-refractivity contribution in [1.29, 1.82) is 0 Å². The summed E-state index contributed by atoms with van der Waals surface area (Å²) in [6.07, 6.45) is 3.28. The summed E-state index contributed by atoms with van der Waals surface area (Å²) in [5.74, 6) is 4.68. The van der Waals surface area contributed by atoms with Crippen LogP contribution in [0.15, 0.2) is 46.2 Å². The van der Waals surface area contributed by atoms with Gasteiger partial charge in [-0.1, -0.05) is 11.3 Å². The lowest BCUT2D eigenvalue weighted by Crippen LogP contribution is -2.45. The highest BCUT2D eigenvalue weighted by atomic mass is 32.1. The van der Waals surface area contributed by atoms with Gasteiger partial charge in [0, 0.05) is 18.0 Å². The third-order valence-electron chi connectivity index (χ3n) is 4.69. The Bertz CT molecular complexity index is 1400. The second-order valence-electron chi connectivity index (χ2n) is 6.47. The van der Waals surface area contributed by atoms with Crippen LogP contribution in [0.3, 0.4) is 0 Å². The van der Waals surface area contributed by atoms with E-state index in [1.54, 1.807) is 30.1 Å². The SMILES string of the molecule is COc1ccc(F)cc1C(=O)Cn1c(=O)n(N)c(=O)c2c(C)c(-n3cccn3)sc21. The fraction of sp³-hybridized carbons (Fsp3) is 0.158. The molecule has 3 heterocycles. The minimum absolute atomic E-state index is 0.0205. The highest BCUT2D eigenvalue weighted by Crippen LogP contribution is 2.31. The molecule has 0 radical (unpaired) electrons. The van der Waals surface area contributed by atoms with Gasteiger partial charge in [-0.05, 0) is 31.2 Å². The number of carbonyl (C=O) groups excluding carboxylic acids is 1. The third kappa shape index (κ3) is 2.99. The van der Waals surface area contributed by atoms with Crippen LogP contribution >= 0.6 is 11.3 Å². The molecule has 154 valence electrons. The lowest BCUT2D eigenvalue weighted by atomic mass is 10.1. The minimum atomic E-state index is -0.857. The number of Topliss-reactive ketones (excluding diaryl/α,β-unsaturated/α-hetero) is 1. The molecule has 1 aromatic carbocycles. The fourth-order valence-electron chi connectivity index (χ4n) is 3.23. The van der Waals surface area contributed by atoms with Crippen LogP contribution in [0.25, 0.3) is 15.2 Å². The maximum Gasteiger partial charge on any atom is 0.351 e. The van der Waals surface area contributed by atoms with Crippen LogP contribution in [0.2, 0.25) is 0 Å². The standard InChI is InChI=1S/C19H16FN5O4S/c1-10-15-16(27)25(21)19(28)23(18(15)30-17(10)24-7-3-6-22-24)9-13(26)12-8-11(20)4-5-14(12)29-2/h3-8H,9,21H2,1-2H3. The van der Waals surface area contributed by atoms with E-state index >= 15 is 0 Å². The quantitative estimate of drug-likeness (QED) is 0.380. The molecule has 0 bridgehead atoms. The summed E-state index contributed by atoms with van der Waals surface area (Å²) in [7, 11) is 1.35. The molecule has 0 saturated carbocycles. The molecule has 30 heavy (non-hydrogen) atoms. The number of hydrogen-bond acceptors (Lipinski definition) is 7. The van der Waals surface area contributed by atoms with Crippen molar-refractivity contribution in [3.05, 3.63) is 74.4 Å². The largest absolute Gasteiger partial charge is 0.496 e.